The molecule has 0 saturated heterocycles. The maximum atomic E-state index is 11.6. The largest absolute Gasteiger partial charge is 0.507 e. The summed E-state index contributed by atoms with van der Waals surface area (Å²) >= 11 is 5.77. The summed E-state index contributed by atoms with van der Waals surface area (Å²) in [6, 6.07) is 5.57. The number of amides is 1. The smallest absolute Gasteiger partial charge is 0.389 e. The number of carbonyl (C=O) groups is 1. The number of aromatic hydroxyl groups is 1. The molecular formula is C12H10ClN5O4. The van der Waals surface area contributed by atoms with E-state index in [2.05, 4.69) is 15.6 Å². The van der Waals surface area contributed by atoms with E-state index in [9.17, 15) is 20.0 Å². The van der Waals surface area contributed by atoms with Gasteiger partial charge in [0.25, 0.3) is 5.91 Å². The van der Waals surface area contributed by atoms with E-state index in [4.69, 9.17) is 11.6 Å². The van der Waals surface area contributed by atoms with Crippen LogP contribution in [0.1, 0.15) is 5.56 Å². The number of carbonyl (C=O) groups excluding carboxylic acids is 1. The van der Waals surface area contributed by atoms with E-state index >= 15 is 0 Å². The molecule has 9 nitrogen and oxygen atoms in total. The van der Waals surface area contributed by atoms with Crippen molar-refractivity contribution >= 4 is 29.5 Å². The SMILES string of the molecule is O=C(Cn1ccc([N+](=O)[O-])n1)N/N=C\c1cc(Cl)ccc1O. The number of hydrazone groups is 1. The van der Waals surface area contributed by atoms with Crippen LogP contribution in [0.3, 0.4) is 0 Å². The molecule has 0 spiro atoms. The molecule has 0 saturated carbocycles. The number of nitro groups is 1. The van der Waals surface area contributed by atoms with Crippen molar-refractivity contribution in [3.8, 4) is 5.75 Å². The Hall–Kier alpha value is -2.94. The second-order valence-electron chi connectivity index (χ2n) is 4.12. The first kappa shape index (κ1) is 15.4. The van der Waals surface area contributed by atoms with E-state index in [1.807, 2.05) is 0 Å². The van der Waals surface area contributed by atoms with Crippen LogP contribution in [0.5, 0.6) is 5.75 Å². The van der Waals surface area contributed by atoms with Gasteiger partial charge in [-0.2, -0.15) is 9.78 Å². The molecule has 0 fully saturated rings. The van der Waals surface area contributed by atoms with Crippen LogP contribution in [-0.4, -0.2) is 31.9 Å². The molecule has 0 atom stereocenters. The van der Waals surface area contributed by atoms with Crippen molar-refractivity contribution in [2.75, 3.05) is 0 Å². The molecule has 2 N–H and O–H groups in total. The number of phenolic OH excluding ortho intramolecular Hbond substituents is 1. The van der Waals surface area contributed by atoms with Crippen LogP contribution < -0.4 is 5.43 Å². The Kier molecular flexibility index (Phi) is 4.69. The summed E-state index contributed by atoms with van der Waals surface area (Å²) in [4.78, 5) is 21.4. The fraction of sp³-hybridized carbons (Fsp3) is 0.0833. The van der Waals surface area contributed by atoms with E-state index in [1.165, 1.54) is 36.7 Å². The van der Waals surface area contributed by atoms with Gasteiger partial charge in [0, 0.05) is 10.6 Å². The van der Waals surface area contributed by atoms with Crippen molar-refractivity contribution in [3.63, 3.8) is 0 Å². The van der Waals surface area contributed by atoms with Gasteiger partial charge in [-0.15, -0.1) is 0 Å². The van der Waals surface area contributed by atoms with Crippen molar-refractivity contribution < 1.29 is 14.8 Å². The van der Waals surface area contributed by atoms with Crippen molar-refractivity contribution in [3.05, 3.63) is 51.2 Å². The van der Waals surface area contributed by atoms with E-state index < -0.39 is 10.8 Å². The molecule has 10 heteroatoms. The van der Waals surface area contributed by atoms with Gasteiger partial charge in [0.1, 0.15) is 12.3 Å². The fourth-order valence-electron chi connectivity index (χ4n) is 1.52. The Morgan fingerprint density at radius 1 is 1.55 bits per heavy atom. The number of nitrogens with zero attached hydrogens (tertiary/aromatic N) is 4. The minimum absolute atomic E-state index is 0.0369. The Morgan fingerprint density at radius 3 is 3.00 bits per heavy atom. The normalized spacial score (nSPS) is 10.8. The zero-order valence-corrected chi connectivity index (χ0v) is 11.8. The second-order valence-corrected chi connectivity index (χ2v) is 4.56. The van der Waals surface area contributed by atoms with Gasteiger partial charge in [-0.25, -0.2) is 5.43 Å². The lowest BCUT2D eigenvalue weighted by molar-refractivity contribution is -0.389. The van der Waals surface area contributed by atoms with Crippen LogP contribution in [-0.2, 0) is 11.3 Å². The molecule has 0 aliphatic carbocycles. The third kappa shape index (κ3) is 4.03. The summed E-state index contributed by atoms with van der Waals surface area (Å²) in [5.41, 5.74) is 2.55. The van der Waals surface area contributed by atoms with Gasteiger partial charge in [0.05, 0.1) is 23.6 Å². The van der Waals surface area contributed by atoms with Crippen LogP contribution in [0.25, 0.3) is 0 Å². The molecular weight excluding hydrogens is 314 g/mol. The highest BCUT2D eigenvalue weighted by Crippen LogP contribution is 2.19. The summed E-state index contributed by atoms with van der Waals surface area (Å²) < 4.78 is 1.11. The monoisotopic (exact) mass is 323 g/mol. The van der Waals surface area contributed by atoms with Gasteiger partial charge in [-0.05, 0) is 23.1 Å². The van der Waals surface area contributed by atoms with E-state index in [-0.39, 0.29) is 18.1 Å². The standard InChI is InChI=1S/C12H10ClN5O4/c13-9-1-2-10(19)8(5-9)6-14-15-12(20)7-17-4-3-11(16-17)18(21)22/h1-6,19H,7H2,(H,15,20)/b14-6-. The maximum absolute atomic E-state index is 11.6. The molecule has 1 heterocycles. The van der Waals surface area contributed by atoms with E-state index in [0.29, 0.717) is 10.6 Å². The van der Waals surface area contributed by atoms with Crippen LogP contribution in [0.4, 0.5) is 5.82 Å². The molecule has 1 amide bonds. The number of rotatable bonds is 5. The predicted octanol–water partition coefficient (Wildman–Crippen LogP) is 1.30. The van der Waals surface area contributed by atoms with Crippen LogP contribution in [0.2, 0.25) is 5.02 Å². The summed E-state index contributed by atoms with van der Waals surface area (Å²) in [6.07, 6.45) is 2.54. The third-order valence-electron chi connectivity index (χ3n) is 2.50. The van der Waals surface area contributed by atoms with Crippen molar-refractivity contribution in [1.29, 1.82) is 0 Å². The number of hydrogen-bond acceptors (Lipinski definition) is 6. The molecule has 114 valence electrons. The summed E-state index contributed by atoms with van der Waals surface area (Å²) in [5.74, 6) is -0.916. The first-order chi connectivity index (χ1) is 10.5. The number of phenols is 1. The summed E-state index contributed by atoms with van der Waals surface area (Å²) in [6.45, 7) is -0.229. The van der Waals surface area contributed by atoms with Crippen molar-refractivity contribution in [2.24, 2.45) is 5.10 Å². The van der Waals surface area contributed by atoms with Gasteiger partial charge in [-0.1, -0.05) is 11.6 Å². The summed E-state index contributed by atoms with van der Waals surface area (Å²) in [7, 11) is 0. The maximum Gasteiger partial charge on any atom is 0.389 e. The highest BCUT2D eigenvalue weighted by atomic mass is 35.5. The Balaban J connectivity index is 1.93. The molecule has 1 aromatic heterocycles. The minimum Gasteiger partial charge on any atom is -0.507 e. The first-order valence-electron chi connectivity index (χ1n) is 5.94. The quantitative estimate of drug-likeness (QED) is 0.487. The zero-order valence-electron chi connectivity index (χ0n) is 11.0. The average molecular weight is 324 g/mol. The molecule has 22 heavy (non-hydrogen) atoms. The molecule has 2 rings (SSSR count). The van der Waals surface area contributed by atoms with Crippen LogP contribution in [0.15, 0.2) is 35.6 Å². The van der Waals surface area contributed by atoms with Crippen molar-refractivity contribution in [2.45, 2.75) is 6.54 Å². The molecule has 0 unspecified atom stereocenters. The summed E-state index contributed by atoms with van der Waals surface area (Å²) in [5, 5.41) is 27.7. The zero-order chi connectivity index (χ0) is 16.1. The first-order valence-corrected chi connectivity index (χ1v) is 6.32. The molecule has 0 bridgehead atoms. The number of nitrogens with one attached hydrogen (secondary N) is 1. The lowest BCUT2D eigenvalue weighted by Gasteiger charge is -2.00. The van der Waals surface area contributed by atoms with Crippen molar-refractivity contribution in [1.82, 2.24) is 15.2 Å². The highest BCUT2D eigenvalue weighted by Gasteiger charge is 2.12. The Labute approximate surface area is 129 Å². The van der Waals surface area contributed by atoms with Gasteiger partial charge >= 0.3 is 5.82 Å². The number of hydrogen-bond donors (Lipinski definition) is 2. The molecule has 1 aromatic carbocycles. The average Bonchev–Trinajstić information content (AvgIpc) is 2.91. The Morgan fingerprint density at radius 2 is 2.32 bits per heavy atom. The van der Waals surface area contributed by atoms with Crippen LogP contribution in [0, 0.1) is 10.1 Å². The second kappa shape index (κ2) is 6.68. The van der Waals surface area contributed by atoms with Gasteiger partial charge in [0.15, 0.2) is 0 Å². The third-order valence-corrected chi connectivity index (χ3v) is 2.74. The van der Waals surface area contributed by atoms with E-state index in [0.717, 1.165) is 4.68 Å². The van der Waals surface area contributed by atoms with Gasteiger partial charge in [0.2, 0.25) is 0 Å². The molecule has 0 aliphatic rings. The minimum atomic E-state index is -0.658. The topological polar surface area (TPSA) is 123 Å². The lowest BCUT2D eigenvalue weighted by atomic mass is 10.2. The van der Waals surface area contributed by atoms with Gasteiger partial charge in [-0.3, -0.25) is 4.79 Å². The fourth-order valence-corrected chi connectivity index (χ4v) is 1.70. The lowest BCUT2D eigenvalue weighted by Crippen LogP contribution is -2.23. The molecule has 2 aromatic rings. The highest BCUT2D eigenvalue weighted by molar-refractivity contribution is 6.30. The Bertz CT molecular complexity index is 743. The van der Waals surface area contributed by atoms with E-state index in [1.54, 1.807) is 0 Å². The number of aromatic nitrogens is 2. The molecule has 0 radical (unpaired) electrons. The number of benzene rings is 1. The molecule has 0 aliphatic heterocycles. The van der Waals surface area contributed by atoms with Crippen LogP contribution >= 0.6 is 11.6 Å². The van der Waals surface area contributed by atoms with Gasteiger partial charge < -0.3 is 15.2 Å². The predicted molar refractivity (Wildman–Crippen MR) is 77.7 cm³/mol. The number of halogens is 1.